The average molecular weight is 282 g/mol. The van der Waals surface area contributed by atoms with Crippen LogP contribution in [0, 0.1) is 11.8 Å². The molecule has 2 aromatic carbocycles. The fraction of sp³-hybridized carbons (Fsp3) is 0.389. The Kier molecular flexibility index (Phi) is 3.68. The summed E-state index contributed by atoms with van der Waals surface area (Å²) in [5, 5.41) is 5.98. The number of benzene rings is 2. The number of hydrogen-bond donors (Lipinski definition) is 2. The molecule has 0 radical (unpaired) electrons. The molecule has 1 heterocycles. The molecule has 0 bridgehead atoms. The van der Waals surface area contributed by atoms with Gasteiger partial charge in [0, 0.05) is 12.1 Å². The zero-order valence-corrected chi connectivity index (χ0v) is 12.5. The monoisotopic (exact) mass is 282 g/mol. The number of hydrogen-bond acceptors (Lipinski definition) is 2. The number of fused-ring (bicyclic) bond motifs is 1. The van der Waals surface area contributed by atoms with Gasteiger partial charge in [-0.25, -0.2) is 0 Å². The lowest BCUT2D eigenvalue weighted by Crippen LogP contribution is -2.49. The van der Waals surface area contributed by atoms with Crippen LogP contribution in [0.3, 0.4) is 0 Å². The summed E-state index contributed by atoms with van der Waals surface area (Å²) in [7, 11) is 0. The zero-order valence-electron chi connectivity index (χ0n) is 12.5. The summed E-state index contributed by atoms with van der Waals surface area (Å²) in [5.41, 5.74) is 6.87. The molecule has 1 saturated heterocycles. The largest absolute Gasteiger partial charge is 0.369 e. The molecule has 110 valence electrons. The molecular weight excluding hydrogens is 260 g/mol. The highest BCUT2D eigenvalue weighted by Gasteiger charge is 2.38. The van der Waals surface area contributed by atoms with Crippen molar-refractivity contribution in [2.24, 2.45) is 17.6 Å². The molecule has 2 aromatic rings. The molecule has 1 amide bonds. The maximum Gasteiger partial charge on any atom is 0.222 e. The first-order valence-electron chi connectivity index (χ1n) is 7.61. The van der Waals surface area contributed by atoms with Crippen LogP contribution < -0.4 is 11.1 Å². The zero-order chi connectivity index (χ0) is 15.0. The molecule has 0 aliphatic carbocycles. The van der Waals surface area contributed by atoms with Crippen molar-refractivity contribution in [1.82, 2.24) is 5.32 Å². The van der Waals surface area contributed by atoms with E-state index < -0.39 is 0 Å². The highest BCUT2D eigenvalue weighted by molar-refractivity contribution is 5.87. The van der Waals surface area contributed by atoms with Crippen LogP contribution in [-0.2, 0) is 4.79 Å². The lowest BCUT2D eigenvalue weighted by Gasteiger charge is -2.39. The molecule has 0 spiro atoms. The maximum atomic E-state index is 12.0. The third-order valence-electron chi connectivity index (χ3n) is 4.65. The Morgan fingerprint density at radius 2 is 1.86 bits per heavy atom. The standard InChI is InChI=1S/C18H22N2O/c1-11-10-12(2)20-17(16(11)18(19)21)15-9-5-7-13-6-3-4-8-14(13)15/h3-9,11-12,16-17,20H,10H2,1-2H3,(H2,19,21). The number of rotatable bonds is 2. The van der Waals surface area contributed by atoms with Gasteiger partial charge in [-0.3, -0.25) is 4.79 Å². The van der Waals surface area contributed by atoms with Crippen molar-refractivity contribution in [3.8, 4) is 0 Å². The number of piperidine rings is 1. The van der Waals surface area contributed by atoms with Gasteiger partial charge in [0.15, 0.2) is 0 Å². The number of carbonyl (C=O) groups excluding carboxylic acids is 1. The Bertz CT molecular complexity index is 662. The first-order chi connectivity index (χ1) is 10.1. The summed E-state index contributed by atoms with van der Waals surface area (Å²) in [6.07, 6.45) is 0.981. The third-order valence-corrected chi connectivity index (χ3v) is 4.65. The molecule has 0 aromatic heterocycles. The van der Waals surface area contributed by atoms with Crippen molar-refractivity contribution in [2.75, 3.05) is 0 Å². The van der Waals surface area contributed by atoms with Gasteiger partial charge in [-0.15, -0.1) is 0 Å². The van der Waals surface area contributed by atoms with Crippen LogP contribution in [0.5, 0.6) is 0 Å². The average Bonchev–Trinajstić information content (AvgIpc) is 2.45. The fourth-order valence-corrected chi connectivity index (χ4v) is 3.76. The molecule has 4 unspecified atom stereocenters. The summed E-state index contributed by atoms with van der Waals surface area (Å²) >= 11 is 0. The first-order valence-corrected chi connectivity index (χ1v) is 7.61. The SMILES string of the molecule is CC1CC(C)C(C(N)=O)C(c2cccc3ccccc23)N1. The first kappa shape index (κ1) is 14.1. The van der Waals surface area contributed by atoms with Gasteiger partial charge in [0.05, 0.1) is 5.92 Å². The van der Waals surface area contributed by atoms with Gasteiger partial charge in [0.25, 0.3) is 0 Å². The second kappa shape index (κ2) is 5.49. The topological polar surface area (TPSA) is 55.1 Å². The number of nitrogens with one attached hydrogen (secondary N) is 1. The van der Waals surface area contributed by atoms with Gasteiger partial charge in [-0.1, -0.05) is 49.4 Å². The predicted octanol–water partition coefficient (Wildman–Crippen LogP) is 3.00. The number of amides is 1. The Labute approximate surface area is 125 Å². The molecule has 1 fully saturated rings. The summed E-state index contributed by atoms with van der Waals surface area (Å²) in [6.45, 7) is 4.30. The van der Waals surface area contributed by atoms with E-state index in [4.69, 9.17) is 5.73 Å². The molecule has 3 rings (SSSR count). The van der Waals surface area contributed by atoms with Crippen LogP contribution in [0.15, 0.2) is 42.5 Å². The van der Waals surface area contributed by atoms with E-state index in [1.807, 2.05) is 12.1 Å². The molecule has 3 N–H and O–H groups in total. The van der Waals surface area contributed by atoms with Crippen LogP contribution in [0.25, 0.3) is 10.8 Å². The third kappa shape index (κ3) is 2.54. The van der Waals surface area contributed by atoms with E-state index in [1.165, 1.54) is 16.3 Å². The number of primary amides is 1. The molecule has 21 heavy (non-hydrogen) atoms. The van der Waals surface area contributed by atoms with E-state index >= 15 is 0 Å². The van der Waals surface area contributed by atoms with E-state index in [1.54, 1.807) is 0 Å². The van der Waals surface area contributed by atoms with Crippen LogP contribution in [-0.4, -0.2) is 11.9 Å². The summed E-state index contributed by atoms with van der Waals surface area (Å²) < 4.78 is 0. The normalized spacial score (nSPS) is 29.4. The lowest BCUT2D eigenvalue weighted by atomic mass is 9.75. The van der Waals surface area contributed by atoms with E-state index in [-0.39, 0.29) is 17.9 Å². The second-order valence-electron chi connectivity index (χ2n) is 6.25. The Morgan fingerprint density at radius 3 is 2.62 bits per heavy atom. The van der Waals surface area contributed by atoms with Gasteiger partial charge in [-0.2, -0.15) is 0 Å². The highest BCUT2D eigenvalue weighted by atomic mass is 16.1. The number of carbonyl (C=O) groups is 1. The minimum atomic E-state index is -0.208. The molecule has 3 heteroatoms. The lowest BCUT2D eigenvalue weighted by molar-refractivity contribution is -0.125. The van der Waals surface area contributed by atoms with E-state index in [2.05, 4.69) is 49.5 Å². The molecule has 1 aliphatic rings. The van der Waals surface area contributed by atoms with Gasteiger partial charge in [-0.05, 0) is 35.6 Å². The summed E-state index contributed by atoms with van der Waals surface area (Å²) in [5.74, 6) is -0.0745. The molecule has 1 aliphatic heterocycles. The molecular formula is C18H22N2O. The van der Waals surface area contributed by atoms with Crippen molar-refractivity contribution in [3.63, 3.8) is 0 Å². The van der Waals surface area contributed by atoms with Crippen molar-refractivity contribution in [2.45, 2.75) is 32.4 Å². The van der Waals surface area contributed by atoms with E-state index in [0.29, 0.717) is 12.0 Å². The minimum absolute atomic E-state index is 0.00708. The molecule has 4 atom stereocenters. The smallest absolute Gasteiger partial charge is 0.222 e. The van der Waals surface area contributed by atoms with Gasteiger partial charge in [0.1, 0.15) is 0 Å². The summed E-state index contributed by atoms with van der Waals surface area (Å²) in [4.78, 5) is 12.0. The number of nitrogens with two attached hydrogens (primary N) is 1. The van der Waals surface area contributed by atoms with Crippen molar-refractivity contribution in [3.05, 3.63) is 48.0 Å². The fourth-order valence-electron chi connectivity index (χ4n) is 3.76. The van der Waals surface area contributed by atoms with Crippen molar-refractivity contribution in [1.29, 1.82) is 0 Å². The Balaban J connectivity index is 2.12. The van der Waals surface area contributed by atoms with Gasteiger partial charge in [0.2, 0.25) is 5.91 Å². The maximum absolute atomic E-state index is 12.0. The second-order valence-corrected chi connectivity index (χ2v) is 6.25. The minimum Gasteiger partial charge on any atom is -0.369 e. The summed E-state index contributed by atoms with van der Waals surface area (Å²) in [6, 6.07) is 15.0. The van der Waals surface area contributed by atoms with Gasteiger partial charge < -0.3 is 11.1 Å². The molecule has 0 saturated carbocycles. The van der Waals surface area contributed by atoms with Crippen LogP contribution >= 0.6 is 0 Å². The Hall–Kier alpha value is -1.87. The van der Waals surface area contributed by atoms with Crippen molar-refractivity contribution < 1.29 is 4.79 Å². The quantitative estimate of drug-likeness (QED) is 0.889. The highest BCUT2D eigenvalue weighted by Crippen LogP contribution is 2.38. The molecule has 3 nitrogen and oxygen atoms in total. The van der Waals surface area contributed by atoms with Gasteiger partial charge >= 0.3 is 0 Å². The van der Waals surface area contributed by atoms with Crippen LogP contribution in [0.2, 0.25) is 0 Å². The van der Waals surface area contributed by atoms with E-state index in [9.17, 15) is 4.79 Å². The van der Waals surface area contributed by atoms with Crippen LogP contribution in [0.4, 0.5) is 0 Å². The van der Waals surface area contributed by atoms with Crippen LogP contribution in [0.1, 0.15) is 31.9 Å². The van der Waals surface area contributed by atoms with Crippen molar-refractivity contribution >= 4 is 16.7 Å². The Morgan fingerprint density at radius 1 is 1.14 bits per heavy atom. The van der Waals surface area contributed by atoms with E-state index in [0.717, 1.165) is 6.42 Å². The predicted molar refractivity (Wildman–Crippen MR) is 85.8 cm³/mol.